The lowest BCUT2D eigenvalue weighted by Crippen LogP contribution is -2.48. The van der Waals surface area contributed by atoms with Gasteiger partial charge < -0.3 is 14.7 Å². The Bertz CT molecular complexity index is 590. The van der Waals surface area contributed by atoms with E-state index >= 15 is 0 Å². The van der Waals surface area contributed by atoms with Gasteiger partial charge in [-0.2, -0.15) is 0 Å². The predicted octanol–water partition coefficient (Wildman–Crippen LogP) is 3.68. The van der Waals surface area contributed by atoms with E-state index in [0.717, 1.165) is 24.7 Å². The van der Waals surface area contributed by atoms with Crippen molar-refractivity contribution < 1.29 is 4.79 Å². The molecule has 0 spiro atoms. The number of carbonyl (C=O) groups is 1. The quantitative estimate of drug-likeness (QED) is 0.694. The molecule has 150 valence electrons. The normalized spacial score (nSPS) is 20.7. The number of benzene rings is 1. The highest BCUT2D eigenvalue weighted by Gasteiger charge is 2.28. The average molecular weight is 390 g/mol. The van der Waals surface area contributed by atoms with E-state index in [1.165, 1.54) is 56.8 Å². The standard InChI is InChI=1S/C22H35N3OS/c1-4-24(22(26)19-5-7-21(27-3)8-6-19)17-18-9-15-25(16-10-18)20-11-13-23(2)14-12-20/h5-8,18,20H,4,9-17H2,1-3H3. The number of hydrogen-bond acceptors (Lipinski definition) is 4. The molecule has 2 fully saturated rings. The van der Waals surface area contributed by atoms with Crippen LogP contribution in [0.1, 0.15) is 43.0 Å². The van der Waals surface area contributed by atoms with Crippen LogP contribution in [0.3, 0.4) is 0 Å². The minimum absolute atomic E-state index is 0.183. The zero-order valence-corrected chi connectivity index (χ0v) is 18.0. The Morgan fingerprint density at radius 2 is 1.70 bits per heavy atom. The Morgan fingerprint density at radius 1 is 1.07 bits per heavy atom. The number of hydrogen-bond donors (Lipinski definition) is 0. The van der Waals surface area contributed by atoms with Crippen molar-refractivity contribution in [2.24, 2.45) is 5.92 Å². The molecule has 0 saturated carbocycles. The molecular weight excluding hydrogens is 354 g/mol. The van der Waals surface area contributed by atoms with Crippen molar-refractivity contribution in [1.82, 2.24) is 14.7 Å². The van der Waals surface area contributed by atoms with Crippen LogP contribution in [0.2, 0.25) is 0 Å². The lowest BCUT2D eigenvalue weighted by molar-refractivity contribution is 0.0611. The van der Waals surface area contributed by atoms with Gasteiger partial charge in [0.1, 0.15) is 0 Å². The lowest BCUT2D eigenvalue weighted by Gasteiger charge is -2.41. The van der Waals surface area contributed by atoms with Crippen LogP contribution in [0.5, 0.6) is 0 Å². The number of likely N-dealkylation sites (tertiary alicyclic amines) is 2. The zero-order chi connectivity index (χ0) is 19.2. The maximum Gasteiger partial charge on any atom is 0.253 e. The number of nitrogens with zero attached hydrogens (tertiary/aromatic N) is 3. The molecule has 1 amide bonds. The van der Waals surface area contributed by atoms with E-state index in [1.807, 2.05) is 29.2 Å². The van der Waals surface area contributed by atoms with E-state index in [9.17, 15) is 4.79 Å². The molecule has 2 aliphatic rings. The first-order valence-electron chi connectivity index (χ1n) is 10.5. The number of piperidine rings is 2. The summed E-state index contributed by atoms with van der Waals surface area (Å²) < 4.78 is 0. The van der Waals surface area contributed by atoms with Gasteiger partial charge in [0.2, 0.25) is 0 Å². The van der Waals surface area contributed by atoms with Gasteiger partial charge in [-0.3, -0.25) is 4.79 Å². The van der Waals surface area contributed by atoms with Gasteiger partial charge in [0.05, 0.1) is 0 Å². The fourth-order valence-electron chi connectivity index (χ4n) is 4.44. The van der Waals surface area contributed by atoms with Gasteiger partial charge in [-0.1, -0.05) is 0 Å². The van der Waals surface area contributed by atoms with Crippen molar-refractivity contribution in [3.8, 4) is 0 Å². The SMILES string of the molecule is CCN(CC1CCN(C2CCN(C)CC2)CC1)C(=O)c1ccc(SC)cc1. The zero-order valence-electron chi connectivity index (χ0n) is 17.2. The minimum Gasteiger partial charge on any atom is -0.339 e. The molecule has 3 rings (SSSR count). The van der Waals surface area contributed by atoms with E-state index in [2.05, 4.69) is 30.0 Å². The molecule has 27 heavy (non-hydrogen) atoms. The van der Waals surface area contributed by atoms with Crippen LogP contribution < -0.4 is 0 Å². The van der Waals surface area contributed by atoms with Crippen LogP contribution in [-0.4, -0.2) is 79.2 Å². The Hall–Kier alpha value is -1.04. The summed E-state index contributed by atoms with van der Waals surface area (Å²) in [6, 6.07) is 8.82. The number of rotatable bonds is 6. The average Bonchev–Trinajstić information content (AvgIpc) is 2.72. The highest BCUT2D eigenvalue weighted by molar-refractivity contribution is 7.98. The molecule has 0 radical (unpaired) electrons. The van der Waals surface area contributed by atoms with Gasteiger partial charge in [0.15, 0.2) is 0 Å². The predicted molar refractivity (Wildman–Crippen MR) is 115 cm³/mol. The molecule has 1 aromatic rings. The number of carbonyl (C=O) groups excluding carboxylic acids is 1. The Morgan fingerprint density at radius 3 is 2.26 bits per heavy atom. The first-order chi connectivity index (χ1) is 13.1. The molecule has 0 atom stereocenters. The van der Waals surface area contributed by atoms with Crippen molar-refractivity contribution in [3.63, 3.8) is 0 Å². The molecule has 4 nitrogen and oxygen atoms in total. The van der Waals surface area contributed by atoms with Crippen molar-refractivity contribution in [2.75, 3.05) is 52.6 Å². The summed E-state index contributed by atoms with van der Waals surface area (Å²) in [5.41, 5.74) is 0.818. The molecule has 2 heterocycles. The Labute approximate surface area is 169 Å². The smallest absolute Gasteiger partial charge is 0.253 e. The van der Waals surface area contributed by atoms with Gasteiger partial charge in [-0.25, -0.2) is 0 Å². The van der Waals surface area contributed by atoms with Gasteiger partial charge in [-0.15, -0.1) is 11.8 Å². The highest BCUT2D eigenvalue weighted by Crippen LogP contribution is 2.25. The van der Waals surface area contributed by atoms with Crippen LogP contribution in [0, 0.1) is 5.92 Å². The summed E-state index contributed by atoms with van der Waals surface area (Å²) in [6.45, 7) is 8.66. The third-order valence-electron chi connectivity index (χ3n) is 6.34. The van der Waals surface area contributed by atoms with Gasteiger partial charge in [0, 0.05) is 29.6 Å². The fraction of sp³-hybridized carbons (Fsp3) is 0.682. The molecule has 2 aliphatic heterocycles. The number of amides is 1. The first kappa shape index (κ1) is 20.7. The van der Waals surface area contributed by atoms with Crippen LogP contribution in [0.25, 0.3) is 0 Å². The monoisotopic (exact) mass is 389 g/mol. The molecule has 5 heteroatoms. The maximum atomic E-state index is 12.9. The van der Waals surface area contributed by atoms with Crippen LogP contribution in [0.4, 0.5) is 0 Å². The third-order valence-corrected chi connectivity index (χ3v) is 7.08. The second kappa shape index (κ2) is 9.94. The molecule has 0 aliphatic carbocycles. The molecule has 0 N–H and O–H groups in total. The van der Waals surface area contributed by atoms with Crippen LogP contribution >= 0.6 is 11.8 Å². The first-order valence-corrected chi connectivity index (χ1v) is 11.7. The Balaban J connectivity index is 1.49. The molecule has 1 aromatic carbocycles. The topological polar surface area (TPSA) is 26.8 Å². The summed E-state index contributed by atoms with van der Waals surface area (Å²) in [6.07, 6.45) is 7.13. The fourth-order valence-corrected chi connectivity index (χ4v) is 4.85. The second-order valence-corrected chi connectivity index (χ2v) is 8.97. The third kappa shape index (κ3) is 5.49. The summed E-state index contributed by atoms with van der Waals surface area (Å²) >= 11 is 1.71. The van der Waals surface area contributed by atoms with Crippen LogP contribution in [-0.2, 0) is 0 Å². The molecule has 0 aromatic heterocycles. The van der Waals surface area contributed by atoms with Gasteiger partial charge in [-0.05, 0) is 102 Å². The van der Waals surface area contributed by atoms with E-state index < -0.39 is 0 Å². The molecule has 0 unspecified atom stereocenters. The van der Waals surface area contributed by atoms with Crippen molar-refractivity contribution in [3.05, 3.63) is 29.8 Å². The summed E-state index contributed by atoms with van der Waals surface area (Å²) in [5, 5.41) is 0. The van der Waals surface area contributed by atoms with Crippen molar-refractivity contribution in [1.29, 1.82) is 0 Å². The Kier molecular flexibility index (Phi) is 7.62. The summed E-state index contributed by atoms with van der Waals surface area (Å²) in [7, 11) is 2.23. The second-order valence-electron chi connectivity index (χ2n) is 8.09. The maximum absolute atomic E-state index is 12.9. The van der Waals surface area contributed by atoms with Gasteiger partial charge >= 0.3 is 0 Å². The van der Waals surface area contributed by atoms with Crippen molar-refractivity contribution >= 4 is 17.7 Å². The van der Waals surface area contributed by atoms with Crippen molar-refractivity contribution in [2.45, 2.75) is 43.5 Å². The highest BCUT2D eigenvalue weighted by atomic mass is 32.2. The molecular formula is C22H35N3OS. The minimum atomic E-state index is 0.183. The van der Waals surface area contributed by atoms with E-state index in [-0.39, 0.29) is 5.91 Å². The van der Waals surface area contributed by atoms with E-state index in [4.69, 9.17) is 0 Å². The summed E-state index contributed by atoms with van der Waals surface area (Å²) in [4.78, 5) is 21.3. The van der Waals surface area contributed by atoms with Crippen LogP contribution in [0.15, 0.2) is 29.2 Å². The van der Waals surface area contributed by atoms with E-state index in [1.54, 1.807) is 11.8 Å². The largest absolute Gasteiger partial charge is 0.339 e. The number of thioether (sulfide) groups is 1. The molecule has 0 bridgehead atoms. The summed E-state index contributed by atoms with van der Waals surface area (Å²) in [5.74, 6) is 0.824. The van der Waals surface area contributed by atoms with E-state index in [0.29, 0.717) is 5.92 Å². The van der Waals surface area contributed by atoms with Gasteiger partial charge in [0.25, 0.3) is 5.91 Å². The molecule has 2 saturated heterocycles. The lowest BCUT2D eigenvalue weighted by atomic mass is 9.93.